The number of unbranched alkanes of at least 4 members (excludes halogenated alkanes) is 6. The van der Waals surface area contributed by atoms with Crippen molar-refractivity contribution in [2.24, 2.45) is 0 Å². The third-order valence-electron chi connectivity index (χ3n) is 7.41. The van der Waals surface area contributed by atoms with Gasteiger partial charge in [0, 0.05) is 19.3 Å². The van der Waals surface area contributed by atoms with Crippen LogP contribution in [0.4, 0.5) is 0 Å². The lowest BCUT2D eigenvalue weighted by molar-refractivity contribution is -0.887. The van der Waals surface area contributed by atoms with Crippen LogP contribution < -0.4 is 0 Å². The molecule has 2 unspecified atom stereocenters. The van der Waals surface area contributed by atoms with Gasteiger partial charge in [-0.15, -0.1) is 0 Å². The van der Waals surface area contributed by atoms with Crippen molar-refractivity contribution < 1.29 is 38.2 Å². The van der Waals surface area contributed by atoms with E-state index in [1.807, 2.05) is 21.1 Å². The summed E-state index contributed by atoms with van der Waals surface area (Å²) in [5.74, 6) is -1.57. The maximum atomic E-state index is 12.6. The van der Waals surface area contributed by atoms with Crippen LogP contribution in [-0.4, -0.2) is 80.6 Å². The summed E-state index contributed by atoms with van der Waals surface area (Å²) in [4.78, 5) is 36.6. The Morgan fingerprint density at radius 2 is 1.15 bits per heavy atom. The van der Waals surface area contributed by atoms with Gasteiger partial charge < -0.3 is 23.8 Å². The monoisotopic (exact) mass is 660 g/mol. The molecule has 0 bridgehead atoms. The molecule has 2 atom stereocenters. The van der Waals surface area contributed by atoms with Crippen molar-refractivity contribution in [1.29, 1.82) is 0 Å². The average Bonchev–Trinajstić information content (AvgIpc) is 3.01. The van der Waals surface area contributed by atoms with Crippen LogP contribution in [0.5, 0.6) is 0 Å². The largest absolute Gasteiger partial charge is 0.477 e. The molecule has 0 saturated heterocycles. The Morgan fingerprint density at radius 3 is 1.72 bits per heavy atom. The molecule has 0 heterocycles. The summed E-state index contributed by atoms with van der Waals surface area (Å²) < 4.78 is 17.1. The minimum Gasteiger partial charge on any atom is -0.477 e. The number of hydrogen-bond acceptors (Lipinski definition) is 6. The fraction of sp³-hybridized carbons (Fsp3) is 0.667. The van der Waals surface area contributed by atoms with Gasteiger partial charge in [0.25, 0.3) is 0 Å². The van der Waals surface area contributed by atoms with Crippen LogP contribution in [0.1, 0.15) is 117 Å². The SMILES string of the molecule is CC/C=C/C/C=C/C/C=C/CCCC(=O)OC(COCCC(C(=O)O)[N+](C)(C)C)COC(=O)CCCCCCC/C=C/C/C=C/CC. The van der Waals surface area contributed by atoms with E-state index in [2.05, 4.69) is 74.6 Å². The number of rotatable bonds is 30. The Bertz CT molecular complexity index is 959. The van der Waals surface area contributed by atoms with Crippen molar-refractivity contribution in [1.82, 2.24) is 0 Å². The highest BCUT2D eigenvalue weighted by molar-refractivity contribution is 5.72. The highest BCUT2D eigenvalue weighted by Gasteiger charge is 2.31. The van der Waals surface area contributed by atoms with Gasteiger partial charge in [-0.25, -0.2) is 4.79 Å². The number of ether oxygens (including phenoxy) is 3. The standard InChI is InChI=1S/C39H65NO7/c1-6-8-10-12-14-16-18-20-21-23-25-27-29-37(41)46-34-35(33-45-32-31-36(39(43)44)40(3,4)5)47-38(42)30-28-26-24-22-19-17-15-13-11-9-7-2/h8-11,14-17,22,24,35-36H,6-7,12-13,18-21,23,25-34H2,1-5H3/p+1/b10-8+,11-9+,16-14+,17-15+,24-22+. The zero-order valence-electron chi connectivity index (χ0n) is 30.2. The van der Waals surface area contributed by atoms with Crippen LogP contribution in [0, 0.1) is 0 Å². The van der Waals surface area contributed by atoms with Crippen LogP contribution >= 0.6 is 0 Å². The first-order chi connectivity index (χ1) is 22.6. The molecule has 0 rings (SSSR count). The van der Waals surface area contributed by atoms with Crippen LogP contribution in [0.3, 0.4) is 0 Å². The number of carbonyl (C=O) groups excluding carboxylic acids is 2. The van der Waals surface area contributed by atoms with E-state index in [4.69, 9.17) is 14.2 Å². The van der Waals surface area contributed by atoms with Crippen LogP contribution in [-0.2, 0) is 28.6 Å². The van der Waals surface area contributed by atoms with Gasteiger partial charge in [-0.05, 0) is 64.2 Å². The van der Waals surface area contributed by atoms with Crippen molar-refractivity contribution >= 4 is 17.9 Å². The molecule has 0 aromatic carbocycles. The number of carboxylic acids is 1. The highest BCUT2D eigenvalue weighted by atomic mass is 16.6. The molecular formula is C39H66NO7+. The van der Waals surface area contributed by atoms with Crippen molar-refractivity contribution in [2.75, 3.05) is 41.0 Å². The molecule has 0 aliphatic heterocycles. The zero-order chi connectivity index (χ0) is 35.0. The first kappa shape index (κ1) is 44.0. The second-order valence-electron chi connectivity index (χ2n) is 12.7. The molecule has 0 aromatic rings. The molecule has 0 aromatic heterocycles. The molecule has 0 spiro atoms. The van der Waals surface area contributed by atoms with Crippen LogP contribution in [0.15, 0.2) is 60.8 Å². The minimum atomic E-state index is -0.889. The average molecular weight is 661 g/mol. The van der Waals surface area contributed by atoms with Crippen molar-refractivity contribution in [3.05, 3.63) is 60.8 Å². The normalized spacial score (nSPS) is 13.8. The predicted molar refractivity (Wildman–Crippen MR) is 192 cm³/mol. The number of aliphatic carboxylic acids is 1. The van der Waals surface area contributed by atoms with E-state index >= 15 is 0 Å². The quantitative estimate of drug-likeness (QED) is 0.0356. The topological polar surface area (TPSA) is 99.1 Å². The fourth-order valence-corrected chi connectivity index (χ4v) is 4.68. The number of allylic oxidation sites excluding steroid dienone is 10. The predicted octanol–water partition coefficient (Wildman–Crippen LogP) is 8.68. The zero-order valence-corrected chi connectivity index (χ0v) is 30.2. The molecule has 0 radical (unpaired) electrons. The number of carbonyl (C=O) groups is 3. The lowest BCUT2D eigenvalue weighted by Gasteiger charge is -2.31. The second kappa shape index (κ2) is 30.4. The molecule has 0 amide bonds. The summed E-state index contributed by atoms with van der Waals surface area (Å²) in [6.07, 6.45) is 34.2. The van der Waals surface area contributed by atoms with Gasteiger partial charge in [0.2, 0.25) is 0 Å². The van der Waals surface area contributed by atoms with Crippen molar-refractivity contribution in [3.63, 3.8) is 0 Å². The molecule has 8 nitrogen and oxygen atoms in total. The molecule has 0 fully saturated rings. The van der Waals surface area contributed by atoms with Gasteiger partial charge in [0.1, 0.15) is 6.61 Å². The number of likely N-dealkylation sites (N-methyl/N-ethyl adjacent to an activating group) is 1. The Labute approximate surface area is 286 Å². The van der Waals surface area contributed by atoms with E-state index < -0.39 is 18.1 Å². The molecule has 8 heteroatoms. The molecular weight excluding hydrogens is 594 g/mol. The Morgan fingerprint density at radius 1 is 0.638 bits per heavy atom. The van der Waals surface area contributed by atoms with Crippen LogP contribution in [0.25, 0.3) is 0 Å². The fourth-order valence-electron chi connectivity index (χ4n) is 4.68. The lowest BCUT2D eigenvalue weighted by atomic mass is 10.1. The maximum absolute atomic E-state index is 12.6. The molecule has 47 heavy (non-hydrogen) atoms. The van der Waals surface area contributed by atoms with Gasteiger partial charge in [-0.3, -0.25) is 9.59 Å². The van der Waals surface area contributed by atoms with E-state index in [0.717, 1.165) is 77.0 Å². The first-order valence-electron chi connectivity index (χ1n) is 17.8. The van der Waals surface area contributed by atoms with Crippen molar-refractivity contribution in [3.8, 4) is 0 Å². The summed E-state index contributed by atoms with van der Waals surface area (Å²) in [5, 5.41) is 9.56. The van der Waals surface area contributed by atoms with Gasteiger partial charge >= 0.3 is 17.9 Å². The van der Waals surface area contributed by atoms with E-state index in [9.17, 15) is 19.5 Å². The molecule has 0 saturated carbocycles. The van der Waals surface area contributed by atoms with E-state index in [0.29, 0.717) is 19.3 Å². The summed E-state index contributed by atoms with van der Waals surface area (Å²) in [5.41, 5.74) is 0. The Kier molecular flexibility index (Phi) is 28.4. The van der Waals surface area contributed by atoms with Crippen molar-refractivity contribution in [2.45, 2.75) is 129 Å². The summed E-state index contributed by atoms with van der Waals surface area (Å²) in [6.45, 7) is 4.39. The number of carboxylic acid groups (broad SMARTS) is 1. The Hall–Kier alpha value is -2.97. The second-order valence-corrected chi connectivity index (χ2v) is 12.7. The van der Waals surface area contributed by atoms with Gasteiger partial charge in [-0.2, -0.15) is 0 Å². The number of nitrogens with zero attached hydrogens (tertiary/aromatic N) is 1. The van der Waals surface area contributed by atoms with Gasteiger partial charge in [0.15, 0.2) is 12.1 Å². The maximum Gasteiger partial charge on any atom is 0.362 e. The van der Waals surface area contributed by atoms with Crippen LogP contribution in [0.2, 0.25) is 0 Å². The van der Waals surface area contributed by atoms with E-state index in [-0.39, 0.29) is 42.7 Å². The van der Waals surface area contributed by atoms with Gasteiger partial charge in [-0.1, -0.05) is 93.9 Å². The molecule has 0 aliphatic rings. The van der Waals surface area contributed by atoms with Gasteiger partial charge in [0.05, 0.1) is 34.4 Å². The highest BCUT2D eigenvalue weighted by Crippen LogP contribution is 2.11. The number of esters is 2. The first-order valence-corrected chi connectivity index (χ1v) is 17.8. The third kappa shape index (κ3) is 28.9. The summed E-state index contributed by atoms with van der Waals surface area (Å²) >= 11 is 0. The summed E-state index contributed by atoms with van der Waals surface area (Å²) in [6, 6.07) is -0.625. The third-order valence-corrected chi connectivity index (χ3v) is 7.41. The lowest BCUT2D eigenvalue weighted by Crippen LogP contribution is -2.50. The summed E-state index contributed by atoms with van der Waals surface area (Å²) in [7, 11) is 5.48. The molecule has 268 valence electrons. The molecule has 1 N–H and O–H groups in total. The molecule has 0 aliphatic carbocycles. The minimum absolute atomic E-state index is 0.0333. The van der Waals surface area contributed by atoms with E-state index in [1.54, 1.807) is 0 Å². The number of quaternary nitrogens is 1. The smallest absolute Gasteiger partial charge is 0.362 e. The Balaban J connectivity index is 4.56. The van der Waals surface area contributed by atoms with E-state index in [1.165, 1.54) is 0 Å². The number of hydrogen-bond donors (Lipinski definition) is 1.